The summed E-state index contributed by atoms with van der Waals surface area (Å²) < 4.78 is 10.7. The minimum atomic E-state index is -0.346. The highest BCUT2D eigenvalue weighted by Crippen LogP contribution is 2.19. The van der Waals surface area contributed by atoms with Crippen LogP contribution in [0.4, 0.5) is 0 Å². The number of carbonyl (C=O) groups excluding carboxylic acids is 1. The number of benzene rings is 1. The topological polar surface area (TPSA) is 71.8 Å². The van der Waals surface area contributed by atoms with Crippen LogP contribution in [0.25, 0.3) is 11.0 Å². The van der Waals surface area contributed by atoms with Crippen LogP contribution < -0.4 is 15.5 Å². The van der Waals surface area contributed by atoms with Crippen molar-refractivity contribution in [1.82, 2.24) is 10.2 Å². The van der Waals surface area contributed by atoms with Gasteiger partial charge in [0.05, 0.1) is 12.5 Å². The maximum atomic E-state index is 12.4. The molecule has 6 nitrogen and oxygen atoms in total. The highest BCUT2D eigenvalue weighted by molar-refractivity contribution is 5.93. The molecule has 0 atom stereocenters. The molecule has 3 rings (SSSR count). The van der Waals surface area contributed by atoms with Crippen LogP contribution in [-0.2, 0) is 0 Å². The number of nitrogens with zero attached hydrogens (tertiary/aromatic N) is 1. The summed E-state index contributed by atoms with van der Waals surface area (Å²) in [5.74, 6) is 0.268. The number of likely N-dealkylation sites (tertiary alicyclic amines) is 1. The maximum Gasteiger partial charge on any atom is 0.287 e. The zero-order chi connectivity index (χ0) is 16.4. The standard InChI is InChI=1S/C17H20N2O4/c1-19-7-5-11(6-8-19)18-17(21)16-10-14(20)13-4-3-12(22-2)9-15(13)23-16/h3-4,9-11H,5-8H2,1-2H3,(H,18,21). The van der Waals surface area contributed by atoms with Crippen molar-refractivity contribution in [3.63, 3.8) is 0 Å². The number of rotatable bonds is 3. The lowest BCUT2D eigenvalue weighted by Gasteiger charge is -2.29. The number of hydrogen-bond acceptors (Lipinski definition) is 5. The van der Waals surface area contributed by atoms with E-state index in [1.165, 1.54) is 13.2 Å². The van der Waals surface area contributed by atoms with Crippen molar-refractivity contribution in [3.8, 4) is 5.75 Å². The van der Waals surface area contributed by atoms with Crippen LogP contribution in [-0.4, -0.2) is 44.1 Å². The van der Waals surface area contributed by atoms with E-state index in [0.717, 1.165) is 25.9 Å². The average Bonchev–Trinajstić information content (AvgIpc) is 2.56. The van der Waals surface area contributed by atoms with Crippen molar-refractivity contribution >= 4 is 16.9 Å². The van der Waals surface area contributed by atoms with Crippen LogP contribution in [0.1, 0.15) is 23.4 Å². The van der Waals surface area contributed by atoms with Crippen LogP contribution in [0.15, 0.2) is 33.5 Å². The van der Waals surface area contributed by atoms with E-state index in [4.69, 9.17) is 9.15 Å². The van der Waals surface area contributed by atoms with E-state index in [1.54, 1.807) is 18.2 Å². The highest BCUT2D eigenvalue weighted by atomic mass is 16.5. The molecule has 0 radical (unpaired) electrons. The Kier molecular flexibility index (Phi) is 4.34. The summed E-state index contributed by atoms with van der Waals surface area (Å²) in [6, 6.07) is 6.31. The third kappa shape index (κ3) is 3.37. The van der Waals surface area contributed by atoms with Crippen LogP contribution in [0.3, 0.4) is 0 Å². The Labute approximate surface area is 134 Å². The summed E-state index contributed by atoms with van der Waals surface area (Å²) in [6.45, 7) is 1.90. The van der Waals surface area contributed by atoms with E-state index in [2.05, 4.69) is 17.3 Å². The molecule has 1 aromatic carbocycles. The van der Waals surface area contributed by atoms with Crippen LogP contribution in [0.2, 0.25) is 0 Å². The predicted molar refractivity (Wildman–Crippen MR) is 87.0 cm³/mol. The normalized spacial score (nSPS) is 16.4. The maximum absolute atomic E-state index is 12.4. The second-order valence-electron chi connectivity index (χ2n) is 5.89. The van der Waals surface area contributed by atoms with Crippen molar-refractivity contribution in [2.24, 2.45) is 0 Å². The van der Waals surface area contributed by atoms with Crippen molar-refractivity contribution in [1.29, 1.82) is 0 Å². The van der Waals surface area contributed by atoms with Crippen molar-refractivity contribution in [2.75, 3.05) is 27.2 Å². The van der Waals surface area contributed by atoms with E-state index >= 15 is 0 Å². The summed E-state index contributed by atoms with van der Waals surface area (Å²) in [4.78, 5) is 26.7. The molecule has 0 bridgehead atoms. The van der Waals surface area contributed by atoms with E-state index in [9.17, 15) is 9.59 Å². The number of hydrogen-bond donors (Lipinski definition) is 1. The Bertz CT molecular complexity index is 776. The van der Waals surface area contributed by atoms with E-state index in [-0.39, 0.29) is 23.1 Å². The van der Waals surface area contributed by atoms with E-state index < -0.39 is 0 Å². The van der Waals surface area contributed by atoms with Gasteiger partial charge < -0.3 is 19.4 Å². The molecular formula is C17H20N2O4. The molecule has 0 aliphatic carbocycles. The molecule has 0 unspecified atom stereocenters. The van der Waals surface area contributed by atoms with Gasteiger partial charge in [0.25, 0.3) is 5.91 Å². The quantitative estimate of drug-likeness (QED) is 0.932. The Morgan fingerprint density at radius 3 is 2.74 bits per heavy atom. The zero-order valence-corrected chi connectivity index (χ0v) is 13.3. The Balaban J connectivity index is 1.84. The lowest BCUT2D eigenvalue weighted by molar-refractivity contribution is 0.0889. The fourth-order valence-electron chi connectivity index (χ4n) is 2.78. The van der Waals surface area contributed by atoms with Gasteiger partial charge in [0.1, 0.15) is 11.3 Å². The number of nitrogens with one attached hydrogen (secondary N) is 1. The molecule has 1 fully saturated rings. The number of carbonyl (C=O) groups is 1. The van der Waals surface area contributed by atoms with Crippen LogP contribution in [0, 0.1) is 0 Å². The third-order valence-corrected chi connectivity index (χ3v) is 4.21. The number of amides is 1. The van der Waals surface area contributed by atoms with Gasteiger partial charge in [-0.1, -0.05) is 0 Å². The summed E-state index contributed by atoms with van der Waals surface area (Å²) in [5.41, 5.74) is 0.118. The van der Waals surface area contributed by atoms with E-state index in [0.29, 0.717) is 16.7 Å². The van der Waals surface area contributed by atoms with Gasteiger partial charge in [-0.05, 0) is 45.1 Å². The smallest absolute Gasteiger partial charge is 0.287 e. The van der Waals surface area contributed by atoms with Gasteiger partial charge in [-0.2, -0.15) is 0 Å². The summed E-state index contributed by atoms with van der Waals surface area (Å²) in [5, 5.41) is 3.38. The first-order chi connectivity index (χ1) is 11.1. The van der Waals surface area contributed by atoms with E-state index in [1.807, 2.05) is 0 Å². The number of piperidine rings is 1. The molecule has 0 spiro atoms. The minimum Gasteiger partial charge on any atom is -0.497 e. The molecule has 1 saturated heterocycles. The summed E-state index contributed by atoms with van der Waals surface area (Å²) >= 11 is 0. The highest BCUT2D eigenvalue weighted by Gasteiger charge is 2.21. The molecule has 1 aromatic heterocycles. The van der Waals surface area contributed by atoms with Gasteiger partial charge in [-0.3, -0.25) is 9.59 Å². The van der Waals surface area contributed by atoms with Gasteiger partial charge in [-0.25, -0.2) is 0 Å². The van der Waals surface area contributed by atoms with Crippen LogP contribution in [0.5, 0.6) is 5.75 Å². The van der Waals surface area contributed by atoms with Crippen molar-refractivity contribution in [2.45, 2.75) is 18.9 Å². The van der Waals surface area contributed by atoms with Gasteiger partial charge in [0, 0.05) is 18.2 Å². The molecule has 1 aliphatic heterocycles. The number of methoxy groups -OCH3 is 1. The Morgan fingerprint density at radius 2 is 2.04 bits per heavy atom. The first kappa shape index (κ1) is 15.6. The largest absolute Gasteiger partial charge is 0.497 e. The van der Waals surface area contributed by atoms with Crippen molar-refractivity contribution < 1.29 is 13.9 Å². The number of ether oxygens (including phenoxy) is 1. The molecule has 0 saturated carbocycles. The summed E-state index contributed by atoms with van der Waals surface area (Å²) in [6.07, 6.45) is 1.79. The zero-order valence-electron chi connectivity index (χ0n) is 13.3. The number of fused-ring (bicyclic) bond motifs is 1. The van der Waals surface area contributed by atoms with Gasteiger partial charge in [-0.15, -0.1) is 0 Å². The second kappa shape index (κ2) is 6.42. The predicted octanol–water partition coefficient (Wildman–Crippen LogP) is 1.63. The lowest BCUT2D eigenvalue weighted by atomic mass is 10.1. The Hall–Kier alpha value is -2.34. The SMILES string of the molecule is COc1ccc2c(=O)cc(C(=O)NC3CCN(C)CC3)oc2c1. The van der Waals surface area contributed by atoms with Gasteiger partial charge >= 0.3 is 0 Å². The first-order valence-corrected chi connectivity index (χ1v) is 7.68. The fraction of sp³-hybridized carbons (Fsp3) is 0.412. The molecular weight excluding hydrogens is 296 g/mol. The molecule has 2 aromatic rings. The summed E-state index contributed by atoms with van der Waals surface area (Å²) in [7, 11) is 3.60. The molecule has 1 N–H and O–H groups in total. The van der Waals surface area contributed by atoms with Gasteiger partial charge in [0.2, 0.25) is 0 Å². The average molecular weight is 316 g/mol. The molecule has 122 valence electrons. The molecule has 23 heavy (non-hydrogen) atoms. The van der Waals surface area contributed by atoms with Crippen LogP contribution >= 0.6 is 0 Å². The monoisotopic (exact) mass is 316 g/mol. The molecule has 1 amide bonds. The second-order valence-corrected chi connectivity index (χ2v) is 5.89. The molecule has 2 heterocycles. The fourth-order valence-corrected chi connectivity index (χ4v) is 2.78. The molecule has 1 aliphatic rings. The first-order valence-electron chi connectivity index (χ1n) is 7.68. The molecule has 6 heteroatoms. The van der Waals surface area contributed by atoms with Gasteiger partial charge in [0.15, 0.2) is 11.2 Å². The minimum absolute atomic E-state index is 0.0367. The van der Waals surface area contributed by atoms with Crippen molar-refractivity contribution in [3.05, 3.63) is 40.2 Å². The lowest BCUT2D eigenvalue weighted by Crippen LogP contribution is -2.43. The Morgan fingerprint density at radius 1 is 1.30 bits per heavy atom. The third-order valence-electron chi connectivity index (χ3n) is 4.21.